The molecule has 4 rings (SSSR count). The van der Waals surface area contributed by atoms with Crippen molar-refractivity contribution in [3.63, 3.8) is 0 Å². The lowest BCUT2D eigenvalue weighted by Gasteiger charge is -2.13. The van der Waals surface area contributed by atoms with Crippen LogP contribution in [-0.4, -0.2) is 35.8 Å². The summed E-state index contributed by atoms with van der Waals surface area (Å²) in [6, 6.07) is 24.4. The number of halogens is 1. The van der Waals surface area contributed by atoms with Crippen LogP contribution in [0.2, 0.25) is 5.02 Å². The largest absolute Gasteiger partial charge is 0.377 e. The van der Waals surface area contributed by atoms with E-state index in [-0.39, 0.29) is 37.7 Å². The SMILES string of the molecule is CN(C)Cc1ccc(OS(=O)(=O)c2ccccc2)c(N=Nc2cc(Cl)ccc2OS(=O)(=O)c2ccccc2)c1. The zero-order chi connectivity index (χ0) is 28.0. The Morgan fingerprint density at radius 1 is 0.667 bits per heavy atom. The maximum atomic E-state index is 12.9. The summed E-state index contributed by atoms with van der Waals surface area (Å²) in [4.78, 5) is 1.86. The molecular formula is C27H24ClN3O6S2. The number of rotatable bonds is 10. The molecule has 0 bridgehead atoms. The van der Waals surface area contributed by atoms with Crippen molar-refractivity contribution in [1.29, 1.82) is 0 Å². The van der Waals surface area contributed by atoms with Crippen molar-refractivity contribution in [2.45, 2.75) is 16.3 Å². The molecule has 0 radical (unpaired) electrons. The first-order valence-electron chi connectivity index (χ1n) is 11.5. The lowest BCUT2D eigenvalue weighted by Crippen LogP contribution is -2.11. The van der Waals surface area contributed by atoms with E-state index >= 15 is 0 Å². The average Bonchev–Trinajstić information content (AvgIpc) is 2.90. The van der Waals surface area contributed by atoms with Gasteiger partial charge in [-0.1, -0.05) is 54.1 Å². The van der Waals surface area contributed by atoms with E-state index in [0.29, 0.717) is 6.54 Å². The first-order chi connectivity index (χ1) is 18.5. The van der Waals surface area contributed by atoms with Crippen molar-refractivity contribution in [3.8, 4) is 11.5 Å². The smallest absolute Gasteiger partial charge is 0.339 e. The van der Waals surface area contributed by atoms with Gasteiger partial charge in [-0.3, -0.25) is 0 Å². The molecule has 0 aliphatic rings. The molecule has 9 nitrogen and oxygen atoms in total. The monoisotopic (exact) mass is 585 g/mol. The topological polar surface area (TPSA) is 115 Å². The highest BCUT2D eigenvalue weighted by atomic mass is 35.5. The minimum absolute atomic E-state index is 0.0110. The zero-order valence-electron chi connectivity index (χ0n) is 20.9. The van der Waals surface area contributed by atoms with Gasteiger partial charge in [-0.05, 0) is 74.3 Å². The van der Waals surface area contributed by atoms with Crippen LogP contribution in [0.3, 0.4) is 0 Å². The predicted molar refractivity (Wildman–Crippen MR) is 148 cm³/mol. The van der Waals surface area contributed by atoms with Crippen LogP contribution in [0.25, 0.3) is 0 Å². The Morgan fingerprint density at radius 3 is 1.62 bits per heavy atom. The van der Waals surface area contributed by atoms with Gasteiger partial charge in [0.05, 0.1) is 0 Å². The summed E-state index contributed by atoms with van der Waals surface area (Å²) in [6.07, 6.45) is 0. The molecule has 39 heavy (non-hydrogen) atoms. The summed E-state index contributed by atoms with van der Waals surface area (Å²) in [5.74, 6) is -0.178. The molecule has 202 valence electrons. The van der Waals surface area contributed by atoms with Crippen LogP contribution in [0.5, 0.6) is 11.5 Å². The van der Waals surface area contributed by atoms with E-state index in [1.807, 2.05) is 19.0 Å². The van der Waals surface area contributed by atoms with Crippen LogP contribution in [0.15, 0.2) is 117 Å². The minimum Gasteiger partial charge on any atom is -0.377 e. The first kappa shape index (κ1) is 28.2. The molecule has 0 heterocycles. The van der Waals surface area contributed by atoms with E-state index in [2.05, 4.69) is 10.2 Å². The molecule has 0 aliphatic heterocycles. The summed E-state index contributed by atoms with van der Waals surface area (Å²) in [7, 11) is -4.56. The van der Waals surface area contributed by atoms with Gasteiger partial charge in [-0.2, -0.15) is 16.8 Å². The predicted octanol–water partition coefficient (Wildman–Crippen LogP) is 6.35. The number of azo groups is 1. The molecule has 0 spiro atoms. The van der Waals surface area contributed by atoms with Crippen LogP contribution < -0.4 is 8.37 Å². The van der Waals surface area contributed by atoms with Crippen molar-refractivity contribution in [3.05, 3.63) is 108 Å². The van der Waals surface area contributed by atoms with Gasteiger partial charge in [-0.25, -0.2) is 0 Å². The Hall–Kier alpha value is -3.77. The molecule has 0 N–H and O–H groups in total. The lowest BCUT2D eigenvalue weighted by molar-refractivity contribution is 0.402. The van der Waals surface area contributed by atoms with Crippen molar-refractivity contribution in [2.75, 3.05) is 14.1 Å². The summed E-state index contributed by atoms with van der Waals surface area (Å²) in [6.45, 7) is 0.537. The maximum absolute atomic E-state index is 12.9. The van der Waals surface area contributed by atoms with Crippen molar-refractivity contribution >= 4 is 43.2 Å². The molecule has 0 atom stereocenters. The van der Waals surface area contributed by atoms with Gasteiger partial charge >= 0.3 is 20.2 Å². The average molecular weight is 586 g/mol. The number of nitrogens with zero attached hydrogens (tertiary/aromatic N) is 3. The highest BCUT2D eigenvalue weighted by Crippen LogP contribution is 2.37. The molecule has 0 saturated carbocycles. The molecule has 4 aromatic carbocycles. The fraction of sp³-hybridized carbons (Fsp3) is 0.111. The lowest BCUT2D eigenvalue weighted by atomic mass is 10.2. The molecule has 0 unspecified atom stereocenters. The molecule has 0 saturated heterocycles. The van der Waals surface area contributed by atoms with Crippen LogP contribution in [-0.2, 0) is 26.8 Å². The second kappa shape index (κ2) is 12.0. The molecule has 12 heteroatoms. The van der Waals surface area contributed by atoms with E-state index in [4.69, 9.17) is 20.0 Å². The van der Waals surface area contributed by atoms with E-state index in [9.17, 15) is 16.8 Å². The Bertz CT molecular complexity index is 1700. The van der Waals surface area contributed by atoms with Gasteiger partial charge in [-0.15, -0.1) is 10.2 Å². The molecule has 4 aromatic rings. The second-order valence-corrected chi connectivity index (χ2v) is 12.1. The van der Waals surface area contributed by atoms with E-state index in [0.717, 1.165) is 5.56 Å². The second-order valence-electron chi connectivity index (χ2n) is 8.55. The van der Waals surface area contributed by atoms with E-state index < -0.39 is 20.2 Å². The number of benzene rings is 4. The Labute approximate surface area is 232 Å². The highest BCUT2D eigenvalue weighted by Gasteiger charge is 2.21. The van der Waals surface area contributed by atoms with Crippen molar-refractivity contribution in [1.82, 2.24) is 4.90 Å². The van der Waals surface area contributed by atoms with Crippen LogP contribution in [0, 0.1) is 0 Å². The van der Waals surface area contributed by atoms with Gasteiger partial charge in [0.1, 0.15) is 21.2 Å². The van der Waals surface area contributed by atoms with Crippen molar-refractivity contribution < 1.29 is 25.2 Å². The Balaban J connectivity index is 1.72. The van der Waals surface area contributed by atoms with Crippen LogP contribution in [0.4, 0.5) is 11.4 Å². The number of hydrogen-bond acceptors (Lipinski definition) is 9. The van der Waals surface area contributed by atoms with E-state index in [1.54, 1.807) is 48.5 Å². The molecule has 0 aromatic heterocycles. The highest BCUT2D eigenvalue weighted by molar-refractivity contribution is 7.87. The fourth-order valence-corrected chi connectivity index (χ4v) is 5.52. The maximum Gasteiger partial charge on any atom is 0.339 e. The summed E-state index contributed by atoms with van der Waals surface area (Å²) in [5, 5.41) is 8.63. The molecule has 0 fully saturated rings. The molecule has 0 aliphatic carbocycles. The quantitative estimate of drug-likeness (QED) is 0.157. The van der Waals surface area contributed by atoms with Gasteiger partial charge in [0.15, 0.2) is 11.5 Å². The van der Waals surface area contributed by atoms with Crippen LogP contribution in [0.1, 0.15) is 5.56 Å². The summed E-state index contributed by atoms with van der Waals surface area (Å²) in [5.41, 5.74) is 0.926. The normalized spacial score (nSPS) is 12.1. The van der Waals surface area contributed by atoms with E-state index in [1.165, 1.54) is 48.5 Å². The first-order valence-corrected chi connectivity index (χ1v) is 14.7. The summed E-state index contributed by atoms with van der Waals surface area (Å²) < 4.78 is 62.1. The third-order valence-electron chi connectivity index (χ3n) is 5.17. The zero-order valence-corrected chi connectivity index (χ0v) is 23.3. The standard InChI is InChI=1S/C27H24ClN3O6S2/c1-31(2)19-20-13-15-26(36-38(32,33)22-9-5-3-6-10-22)24(17-20)29-30-25-18-21(28)14-16-27(25)37-39(34,35)23-11-7-4-8-12-23/h3-18H,19H2,1-2H3. The van der Waals surface area contributed by atoms with Gasteiger partial charge in [0, 0.05) is 11.6 Å². The van der Waals surface area contributed by atoms with Gasteiger partial charge in [0.25, 0.3) is 0 Å². The van der Waals surface area contributed by atoms with Crippen LogP contribution >= 0.6 is 11.6 Å². The number of hydrogen-bond donors (Lipinski definition) is 0. The third kappa shape index (κ3) is 7.42. The van der Waals surface area contributed by atoms with Crippen molar-refractivity contribution in [2.24, 2.45) is 10.2 Å². The molecule has 0 amide bonds. The Kier molecular flexibility index (Phi) is 8.66. The summed E-state index contributed by atoms with van der Waals surface area (Å²) >= 11 is 6.14. The Morgan fingerprint density at radius 2 is 1.13 bits per heavy atom. The van der Waals surface area contributed by atoms with Gasteiger partial charge < -0.3 is 13.3 Å². The fourth-order valence-electron chi connectivity index (χ4n) is 3.43. The third-order valence-corrected chi connectivity index (χ3v) is 7.90. The minimum atomic E-state index is -4.17. The molecular weight excluding hydrogens is 562 g/mol. The van der Waals surface area contributed by atoms with Gasteiger partial charge in [0.2, 0.25) is 0 Å².